The smallest absolute Gasteiger partial charge is 0.209 e. The summed E-state index contributed by atoms with van der Waals surface area (Å²) in [6, 6.07) is 9.48. The number of rotatable bonds is 3. The second-order valence-electron chi connectivity index (χ2n) is 5.10. The maximum absolute atomic E-state index is 11.3. The highest BCUT2D eigenvalue weighted by Crippen LogP contribution is 2.32. The third-order valence-electron chi connectivity index (χ3n) is 3.70. The van der Waals surface area contributed by atoms with Crippen molar-refractivity contribution >= 4 is 11.5 Å². The van der Waals surface area contributed by atoms with E-state index in [4.69, 9.17) is 0 Å². The summed E-state index contributed by atoms with van der Waals surface area (Å²) in [5.41, 5.74) is 5.08. The van der Waals surface area contributed by atoms with Crippen molar-refractivity contribution in [3.63, 3.8) is 0 Å². The fourth-order valence-electron chi connectivity index (χ4n) is 2.34. The number of pyridine rings is 1. The van der Waals surface area contributed by atoms with E-state index in [-0.39, 0.29) is 12.4 Å². The van der Waals surface area contributed by atoms with Gasteiger partial charge in [0.2, 0.25) is 5.82 Å². The highest BCUT2D eigenvalue weighted by Gasteiger charge is 2.15. The Bertz CT molecular complexity index is 837. The Kier molecular flexibility index (Phi) is 3.27. The molecule has 1 aromatic carbocycles. The maximum Gasteiger partial charge on any atom is 0.209 e. The fourth-order valence-corrected chi connectivity index (χ4v) is 2.34. The molecular formula is C16H15N3O2. The number of aliphatic hydroxyl groups is 1. The van der Waals surface area contributed by atoms with Gasteiger partial charge in [0.15, 0.2) is 0 Å². The van der Waals surface area contributed by atoms with Crippen LogP contribution in [0.2, 0.25) is 0 Å². The first kappa shape index (κ1) is 13.5. The summed E-state index contributed by atoms with van der Waals surface area (Å²) in [5, 5.41) is 12.3. The number of aromatic nitrogens is 2. The molecule has 0 radical (unpaired) electrons. The van der Waals surface area contributed by atoms with Gasteiger partial charge in [0.05, 0.1) is 6.61 Å². The predicted molar refractivity (Wildman–Crippen MR) is 81.5 cm³/mol. The highest BCUT2D eigenvalue weighted by molar-refractivity contribution is 5.75. The lowest BCUT2D eigenvalue weighted by molar-refractivity contribution is 0.281. The first-order chi connectivity index (χ1) is 10.1. The lowest BCUT2D eigenvalue weighted by Gasteiger charge is -2.03. The van der Waals surface area contributed by atoms with Crippen LogP contribution in [0.25, 0.3) is 16.9 Å². The van der Waals surface area contributed by atoms with Gasteiger partial charge in [-0.25, -0.2) is 4.98 Å². The molecule has 2 aromatic heterocycles. The zero-order chi connectivity index (χ0) is 15.0. The van der Waals surface area contributed by atoms with Gasteiger partial charge in [0.1, 0.15) is 11.3 Å². The van der Waals surface area contributed by atoms with E-state index in [0.29, 0.717) is 16.9 Å². The van der Waals surface area contributed by atoms with Crippen LogP contribution in [-0.2, 0) is 6.61 Å². The summed E-state index contributed by atoms with van der Waals surface area (Å²) < 4.78 is 1.61. The predicted octanol–water partition coefficient (Wildman–Crippen LogP) is 3.51. The molecule has 0 fully saturated rings. The molecule has 0 amide bonds. The quantitative estimate of drug-likeness (QED) is 0.747. The van der Waals surface area contributed by atoms with Crippen molar-refractivity contribution in [3.8, 4) is 11.3 Å². The largest absolute Gasteiger partial charge is 0.392 e. The van der Waals surface area contributed by atoms with Crippen molar-refractivity contribution in [2.45, 2.75) is 20.5 Å². The first-order valence-corrected chi connectivity index (χ1v) is 6.67. The summed E-state index contributed by atoms with van der Waals surface area (Å²) >= 11 is 0. The molecule has 1 N–H and O–H groups in total. The van der Waals surface area contributed by atoms with E-state index in [1.165, 1.54) is 5.56 Å². The summed E-state index contributed by atoms with van der Waals surface area (Å²) in [6.45, 7) is 3.97. The molecular weight excluding hydrogens is 266 g/mol. The second-order valence-corrected chi connectivity index (χ2v) is 5.10. The minimum absolute atomic E-state index is 0.0919. The van der Waals surface area contributed by atoms with Crippen molar-refractivity contribution in [3.05, 3.63) is 58.1 Å². The molecule has 0 spiro atoms. The summed E-state index contributed by atoms with van der Waals surface area (Å²) in [5.74, 6) is 0.253. The second kappa shape index (κ2) is 5.10. The molecule has 106 valence electrons. The molecule has 0 saturated carbocycles. The van der Waals surface area contributed by atoms with E-state index < -0.39 is 0 Å². The molecule has 2 heterocycles. The third-order valence-corrected chi connectivity index (χ3v) is 3.70. The Labute approximate surface area is 121 Å². The maximum atomic E-state index is 11.3. The number of nitroso groups, excluding NO2 is 1. The molecule has 5 heteroatoms. The van der Waals surface area contributed by atoms with Gasteiger partial charge in [-0.1, -0.05) is 18.2 Å². The molecule has 0 aliphatic heterocycles. The number of hydrogen-bond donors (Lipinski definition) is 1. The standard InChI is InChI=1S/C16H15N3O2/c1-10-3-5-13(7-11(10)2)15-16(18-21)19-8-12(9-20)4-6-14(19)17-15/h3-8,20H,9H2,1-2H3. The van der Waals surface area contributed by atoms with Crippen molar-refractivity contribution < 1.29 is 5.11 Å². The van der Waals surface area contributed by atoms with Gasteiger partial charge < -0.3 is 5.11 Å². The lowest BCUT2D eigenvalue weighted by atomic mass is 10.0. The van der Waals surface area contributed by atoms with E-state index >= 15 is 0 Å². The Morgan fingerprint density at radius 3 is 2.67 bits per heavy atom. The van der Waals surface area contributed by atoms with E-state index in [2.05, 4.69) is 10.2 Å². The van der Waals surface area contributed by atoms with Gasteiger partial charge in [-0.2, -0.15) is 0 Å². The SMILES string of the molecule is Cc1ccc(-c2nc3ccc(CO)cn3c2N=O)cc1C. The number of benzene rings is 1. The molecule has 0 bridgehead atoms. The average molecular weight is 281 g/mol. The molecule has 5 nitrogen and oxygen atoms in total. The van der Waals surface area contributed by atoms with Crippen LogP contribution in [0.1, 0.15) is 16.7 Å². The minimum atomic E-state index is -0.0919. The summed E-state index contributed by atoms with van der Waals surface area (Å²) in [4.78, 5) is 15.7. The first-order valence-electron chi connectivity index (χ1n) is 6.67. The van der Waals surface area contributed by atoms with Crippen LogP contribution in [0.4, 0.5) is 5.82 Å². The summed E-state index contributed by atoms with van der Waals surface area (Å²) in [6.07, 6.45) is 1.68. The minimum Gasteiger partial charge on any atom is -0.392 e. The molecule has 0 saturated heterocycles. The number of fused-ring (bicyclic) bond motifs is 1. The molecule has 0 aliphatic carbocycles. The van der Waals surface area contributed by atoms with Crippen LogP contribution < -0.4 is 0 Å². The van der Waals surface area contributed by atoms with E-state index in [0.717, 1.165) is 11.1 Å². The van der Waals surface area contributed by atoms with Gasteiger partial charge >= 0.3 is 0 Å². The van der Waals surface area contributed by atoms with Crippen LogP contribution in [0.5, 0.6) is 0 Å². The average Bonchev–Trinajstić information content (AvgIpc) is 2.87. The monoisotopic (exact) mass is 281 g/mol. The van der Waals surface area contributed by atoms with Gasteiger partial charge in [-0.15, -0.1) is 4.91 Å². The van der Waals surface area contributed by atoms with E-state index in [1.807, 2.05) is 32.0 Å². The topological polar surface area (TPSA) is 67.0 Å². The van der Waals surface area contributed by atoms with Gasteiger partial charge in [-0.3, -0.25) is 4.40 Å². The third kappa shape index (κ3) is 2.21. The molecule has 0 unspecified atom stereocenters. The highest BCUT2D eigenvalue weighted by atomic mass is 16.3. The lowest BCUT2D eigenvalue weighted by Crippen LogP contribution is -1.89. The van der Waals surface area contributed by atoms with E-state index in [1.54, 1.807) is 22.7 Å². The van der Waals surface area contributed by atoms with Crippen LogP contribution in [0, 0.1) is 18.8 Å². The van der Waals surface area contributed by atoms with Crippen molar-refractivity contribution in [2.24, 2.45) is 5.18 Å². The zero-order valence-corrected chi connectivity index (χ0v) is 11.9. The number of hydrogen-bond acceptors (Lipinski definition) is 4. The Balaban J connectivity index is 2.26. The number of imidazole rings is 1. The molecule has 3 rings (SSSR count). The van der Waals surface area contributed by atoms with Crippen LogP contribution in [-0.4, -0.2) is 14.5 Å². The Hall–Kier alpha value is -2.53. The van der Waals surface area contributed by atoms with Crippen LogP contribution in [0.15, 0.2) is 41.7 Å². The van der Waals surface area contributed by atoms with Gasteiger partial charge in [0, 0.05) is 11.8 Å². The fraction of sp³-hybridized carbons (Fsp3) is 0.188. The molecule has 3 aromatic rings. The zero-order valence-electron chi connectivity index (χ0n) is 11.9. The molecule has 0 aliphatic rings. The summed E-state index contributed by atoms with van der Waals surface area (Å²) in [7, 11) is 0. The molecule has 0 atom stereocenters. The molecule has 21 heavy (non-hydrogen) atoms. The van der Waals surface area contributed by atoms with Crippen molar-refractivity contribution in [1.29, 1.82) is 0 Å². The number of nitrogens with zero attached hydrogens (tertiary/aromatic N) is 3. The number of aryl methyl sites for hydroxylation is 2. The number of aliphatic hydroxyl groups excluding tert-OH is 1. The van der Waals surface area contributed by atoms with Gasteiger partial charge in [-0.05, 0) is 47.8 Å². The van der Waals surface area contributed by atoms with Crippen molar-refractivity contribution in [1.82, 2.24) is 9.38 Å². The van der Waals surface area contributed by atoms with E-state index in [9.17, 15) is 10.0 Å². The Morgan fingerprint density at radius 1 is 1.19 bits per heavy atom. The van der Waals surface area contributed by atoms with Crippen LogP contribution in [0.3, 0.4) is 0 Å². The van der Waals surface area contributed by atoms with Gasteiger partial charge in [0.25, 0.3) is 0 Å². The van der Waals surface area contributed by atoms with Crippen molar-refractivity contribution in [2.75, 3.05) is 0 Å². The Morgan fingerprint density at radius 2 is 2.00 bits per heavy atom. The van der Waals surface area contributed by atoms with Crippen LogP contribution >= 0.6 is 0 Å². The normalized spacial score (nSPS) is 11.0.